The van der Waals surface area contributed by atoms with Crippen LogP contribution in [0.2, 0.25) is 0 Å². The average molecular weight is 539 g/mol. The van der Waals surface area contributed by atoms with E-state index in [1.54, 1.807) is 6.07 Å². The summed E-state index contributed by atoms with van der Waals surface area (Å²) in [7, 11) is 0. The lowest BCUT2D eigenvalue weighted by molar-refractivity contribution is -0.230. The first-order chi connectivity index (χ1) is 18.3. The third kappa shape index (κ3) is 3.70. The van der Waals surface area contributed by atoms with Crippen LogP contribution in [0.4, 0.5) is 0 Å². The molecule has 1 aliphatic carbocycles. The topological polar surface area (TPSA) is 199 Å². The normalized spacial score (nSPS) is 32.2. The molecule has 39 heavy (non-hydrogen) atoms. The first-order valence-electron chi connectivity index (χ1n) is 13.3. The molecule has 6 rings (SSSR count). The smallest absolute Gasteiger partial charge is 0.252 e. The molecule has 2 unspecified atom stereocenters. The number of guanidine groups is 2. The summed E-state index contributed by atoms with van der Waals surface area (Å²) in [6.07, 6.45) is 2.83. The highest BCUT2D eigenvalue weighted by Gasteiger charge is 2.73. The molecule has 0 aromatic heterocycles. The monoisotopic (exact) mass is 538 g/mol. The Morgan fingerprint density at radius 1 is 1.15 bits per heavy atom. The lowest BCUT2D eigenvalue weighted by Gasteiger charge is -2.49. The molecule has 13 nitrogen and oxygen atoms in total. The van der Waals surface area contributed by atoms with Crippen LogP contribution in [-0.4, -0.2) is 92.3 Å². The Hall–Kier alpha value is -3.71. The standard InChI is InChI=1S/C26H34N8O5/c1-24(2)9-8-13-4-3-5-14(15(13)10-24)21(37)30-17-12-34-23(28)29-16(11-33-18(35)6-7-19(33)36)20-25(34,26(17,38)39)32-22(27)31-20/h3-5,16-17,20,38-39H,6-12H2,1-2H3,(H2,28,29)(H,30,37)(H3,27,31,32)/t16-,17?,20-,25?/m0/s1. The summed E-state index contributed by atoms with van der Waals surface area (Å²) in [4.78, 5) is 49.6. The second-order valence-corrected chi connectivity index (χ2v) is 12.0. The predicted molar refractivity (Wildman–Crippen MR) is 140 cm³/mol. The van der Waals surface area contributed by atoms with Crippen molar-refractivity contribution < 1.29 is 24.6 Å². The Morgan fingerprint density at radius 2 is 1.87 bits per heavy atom. The van der Waals surface area contributed by atoms with Gasteiger partial charge in [0.1, 0.15) is 12.1 Å². The number of nitrogens with two attached hydrogens (primary N) is 2. The number of rotatable bonds is 4. The van der Waals surface area contributed by atoms with E-state index in [-0.39, 0.29) is 55.1 Å². The number of benzene rings is 1. The first-order valence-corrected chi connectivity index (χ1v) is 13.3. The SMILES string of the molecule is CC1(C)CCc2cccc(C(=O)NC3CN4C(N)=N[C@@H](CN5C(=O)CCC5=O)[C@@H]5N=C(N)NC54C3(O)O)c2C1. The number of nitrogens with one attached hydrogen (secondary N) is 2. The number of carbonyl (C=O) groups is 3. The van der Waals surface area contributed by atoms with E-state index in [4.69, 9.17) is 11.5 Å². The van der Waals surface area contributed by atoms with Crippen LogP contribution in [0.3, 0.4) is 0 Å². The van der Waals surface area contributed by atoms with Crippen LogP contribution in [0.1, 0.15) is 54.6 Å². The molecule has 1 aromatic rings. The van der Waals surface area contributed by atoms with Crippen LogP contribution in [0, 0.1) is 5.41 Å². The number of fused-ring (bicyclic) bond motifs is 1. The zero-order valence-electron chi connectivity index (χ0n) is 22.0. The molecule has 0 saturated carbocycles. The second kappa shape index (κ2) is 8.39. The van der Waals surface area contributed by atoms with Gasteiger partial charge in [-0.15, -0.1) is 0 Å². The van der Waals surface area contributed by atoms with Crippen LogP contribution in [0.5, 0.6) is 0 Å². The number of nitrogens with zero attached hydrogens (tertiary/aromatic N) is 4. The molecule has 8 N–H and O–H groups in total. The van der Waals surface area contributed by atoms with Crippen molar-refractivity contribution in [2.45, 2.75) is 75.5 Å². The van der Waals surface area contributed by atoms with Gasteiger partial charge in [0.15, 0.2) is 17.6 Å². The fourth-order valence-corrected chi connectivity index (χ4v) is 6.82. The maximum Gasteiger partial charge on any atom is 0.252 e. The zero-order valence-corrected chi connectivity index (χ0v) is 22.0. The summed E-state index contributed by atoms with van der Waals surface area (Å²) in [6, 6.07) is 2.54. The van der Waals surface area contributed by atoms with Gasteiger partial charge in [0.25, 0.3) is 5.91 Å². The highest BCUT2D eigenvalue weighted by molar-refractivity contribution is 6.02. The highest BCUT2D eigenvalue weighted by atomic mass is 16.5. The van der Waals surface area contributed by atoms with Gasteiger partial charge in [-0.3, -0.25) is 19.3 Å². The van der Waals surface area contributed by atoms with Crippen LogP contribution >= 0.6 is 0 Å². The molecule has 1 spiro atoms. The number of amides is 3. The lowest BCUT2D eigenvalue weighted by Crippen LogP contribution is -2.78. The van der Waals surface area contributed by atoms with Crippen LogP contribution in [0.15, 0.2) is 28.2 Å². The molecular formula is C26H34N8O5. The quantitative estimate of drug-likeness (QED) is 0.188. The molecule has 2 saturated heterocycles. The molecule has 4 atom stereocenters. The van der Waals surface area contributed by atoms with Gasteiger partial charge in [0.05, 0.1) is 12.6 Å². The molecule has 208 valence electrons. The Bertz CT molecular complexity index is 1320. The van der Waals surface area contributed by atoms with Gasteiger partial charge in [0.2, 0.25) is 17.6 Å². The predicted octanol–water partition coefficient (Wildman–Crippen LogP) is -1.87. The molecule has 1 aromatic carbocycles. The second-order valence-electron chi connectivity index (χ2n) is 12.0. The van der Waals surface area contributed by atoms with Crippen LogP contribution in [0.25, 0.3) is 0 Å². The maximum absolute atomic E-state index is 13.6. The van der Waals surface area contributed by atoms with Crippen molar-refractivity contribution in [3.8, 4) is 0 Å². The Morgan fingerprint density at radius 3 is 2.59 bits per heavy atom. The largest absolute Gasteiger partial charge is 0.370 e. The number of likely N-dealkylation sites (tertiary alicyclic amines) is 1. The summed E-state index contributed by atoms with van der Waals surface area (Å²) in [6.45, 7) is 4.12. The first kappa shape index (κ1) is 25.6. The van der Waals surface area contributed by atoms with E-state index in [0.717, 1.165) is 35.3 Å². The maximum atomic E-state index is 13.6. The summed E-state index contributed by atoms with van der Waals surface area (Å²) in [5, 5.41) is 29.1. The van der Waals surface area contributed by atoms with Crippen LogP contribution in [-0.2, 0) is 22.4 Å². The number of aliphatic imine (C=N–C) groups is 2. The zero-order chi connectivity index (χ0) is 27.9. The fraction of sp³-hybridized carbons (Fsp3) is 0.577. The van der Waals surface area contributed by atoms with Gasteiger partial charge in [-0.05, 0) is 41.9 Å². The molecule has 3 amide bonds. The lowest BCUT2D eigenvalue weighted by atomic mass is 9.73. The van der Waals surface area contributed by atoms with Gasteiger partial charge in [-0.2, -0.15) is 0 Å². The van der Waals surface area contributed by atoms with Gasteiger partial charge < -0.3 is 37.2 Å². The molecule has 4 aliphatic heterocycles. The molecule has 0 radical (unpaired) electrons. The van der Waals surface area contributed by atoms with Crippen molar-refractivity contribution >= 4 is 29.6 Å². The number of carbonyl (C=O) groups excluding carboxylic acids is 3. The summed E-state index contributed by atoms with van der Waals surface area (Å²) in [5.74, 6) is -3.82. The van der Waals surface area contributed by atoms with Crippen molar-refractivity contribution in [1.29, 1.82) is 0 Å². The van der Waals surface area contributed by atoms with E-state index < -0.39 is 35.5 Å². The number of aliphatic hydroxyl groups is 2. The Labute approximate surface area is 225 Å². The fourth-order valence-electron chi connectivity index (χ4n) is 6.82. The van der Waals surface area contributed by atoms with Crippen molar-refractivity contribution in [3.05, 3.63) is 34.9 Å². The molecule has 5 aliphatic rings. The minimum absolute atomic E-state index is 0.0436. The van der Waals surface area contributed by atoms with E-state index in [9.17, 15) is 24.6 Å². The summed E-state index contributed by atoms with van der Waals surface area (Å²) >= 11 is 0. The van der Waals surface area contributed by atoms with E-state index in [1.165, 1.54) is 4.90 Å². The number of aryl methyl sites for hydroxylation is 1. The van der Waals surface area contributed by atoms with E-state index in [2.05, 4.69) is 34.5 Å². The molecule has 0 bridgehead atoms. The Balaban J connectivity index is 1.31. The van der Waals surface area contributed by atoms with Crippen molar-refractivity contribution in [2.24, 2.45) is 26.9 Å². The van der Waals surface area contributed by atoms with Crippen molar-refractivity contribution in [2.75, 3.05) is 13.1 Å². The average Bonchev–Trinajstić information content (AvgIpc) is 3.46. The minimum Gasteiger partial charge on any atom is -0.370 e. The van der Waals surface area contributed by atoms with E-state index >= 15 is 0 Å². The van der Waals surface area contributed by atoms with Crippen LogP contribution < -0.4 is 22.1 Å². The summed E-state index contributed by atoms with van der Waals surface area (Å²) in [5.41, 5.74) is 13.2. The van der Waals surface area contributed by atoms with Crippen molar-refractivity contribution in [1.82, 2.24) is 20.4 Å². The molecular weight excluding hydrogens is 504 g/mol. The van der Waals surface area contributed by atoms with Crippen molar-refractivity contribution in [3.63, 3.8) is 0 Å². The number of hydrogen-bond acceptors (Lipinski definition) is 11. The van der Waals surface area contributed by atoms with Gasteiger partial charge in [0, 0.05) is 24.9 Å². The van der Waals surface area contributed by atoms with Gasteiger partial charge in [-0.1, -0.05) is 26.0 Å². The summed E-state index contributed by atoms with van der Waals surface area (Å²) < 4.78 is 0. The molecule has 2 fully saturated rings. The third-order valence-electron chi connectivity index (χ3n) is 8.88. The third-order valence-corrected chi connectivity index (χ3v) is 8.88. The molecule has 13 heteroatoms. The number of imide groups is 1. The number of hydrogen-bond donors (Lipinski definition) is 6. The molecule has 4 heterocycles. The van der Waals surface area contributed by atoms with E-state index in [0.29, 0.717) is 5.56 Å². The Kier molecular flexibility index (Phi) is 5.50. The van der Waals surface area contributed by atoms with Gasteiger partial charge >= 0.3 is 0 Å². The van der Waals surface area contributed by atoms with Gasteiger partial charge in [-0.25, -0.2) is 9.98 Å². The minimum atomic E-state index is -2.61. The highest BCUT2D eigenvalue weighted by Crippen LogP contribution is 2.45. The van der Waals surface area contributed by atoms with E-state index in [1.807, 2.05) is 12.1 Å².